The minimum atomic E-state index is -0.386. The van der Waals surface area contributed by atoms with Gasteiger partial charge in [0.05, 0.1) is 0 Å². The van der Waals surface area contributed by atoms with Crippen LogP contribution >= 0.6 is 0 Å². The Morgan fingerprint density at radius 3 is 2.05 bits per heavy atom. The van der Waals surface area contributed by atoms with Gasteiger partial charge in [0.2, 0.25) is 11.8 Å². The van der Waals surface area contributed by atoms with Crippen molar-refractivity contribution in [3.8, 4) is 0 Å². The number of hydrogen-bond acceptors (Lipinski definition) is 2. The summed E-state index contributed by atoms with van der Waals surface area (Å²) in [7, 11) is 0. The molecule has 1 rings (SSSR count). The topological polar surface area (TPSA) is 49.4 Å². The number of hydrogen-bond donors (Lipinski definition) is 1. The molecule has 0 radical (unpaired) electrons. The van der Waals surface area contributed by atoms with E-state index >= 15 is 0 Å². The van der Waals surface area contributed by atoms with Crippen LogP contribution in [-0.2, 0) is 9.59 Å². The minimum Gasteiger partial charge on any atom is -0.342 e. The van der Waals surface area contributed by atoms with Gasteiger partial charge >= 0.3 is 0 Å². The van der Waals surface area contributed by atoms with Crippen molar-refractivity contribution in [3.63, 3.8) is 0 Å². The van der Waals surface area contributed by atoms with Gasteiger partial charge in [-0.25, -0.2) is 0 Å². The molecule has 0 spiro atoms. The molecule has 1 aliphatic rings. The summed E-state index contributed by atoms with van der Waals surface area (Å²) in [5, 5.41) is 2.91. The second-order valence-corrected chi connectivity index (χ2v) is 7.30. The van der Waals surface area contributed by atoms with Gasteiger partial charge in [0.25, 0.3) is 0 Å². The van der Waals surface area contributed by atoms with E-state index in [1.807, 2.05) is 34.6 Å². The maximum absolute atomic E-state index is 12.6. The number of nitrogens with zero attached hydrogens (tertiary/aromatic N) is 1. The first kappa shape index (κ1) is 16.0. The quantitative estimate of drug-likeness (QED) is 0.853. The Bertz CT molecular complexity index is 356. The Morgan fingerprint density at radius 2 is 1.68 bits per heavy atom. The molecule has 1 heterocycles. The molecule has 0 aromatic carbocycles. The number of carbonyl (C=O) groups excluding carboxylic acids is 2. The normalized spacial score (nSPS) is 25.2. The summed E-state index contributed by atoms with van der Waals surface area (Å²) >= 11 is 0. The fourth-order valence-electron chi connectivity index (χ4n) is 2.74. The van der Waals surface area contributed by atoms with Gasteiger partial charge in [-0.15, -0.1) is 0 Å². The van der Waals surface area contributed by atoms with Crippen molar-refractivity contribution in [3.05, 3.63) is 0 Å². The lowest BCUT2D eigenvalue weighted by molar-refractivity contribution is -0.156. The molecule has 2 unspecified atom stereocenters. The lowest BCUT2D eigenvalue weighted by Crippen LogP contribution is -2.68. The molecule has 0 aromatic heterocycles. The fraction of sp³-hybridized carbons (Fsp3) is 0.867. The van der Waals surface area contributed by atoms with Crippen molar-refractivity contribution in [1.29, 1.82) is 0 Å². The fourth-order valence-corrected chi connectivity index (χ4v) is 2.74. The smallest absolute Gasteiger partial charge is 0.246 e. The molecule has 0 aliphatic carbocycles. The summed E-state index contributed by atoms with van der Waals surface area (Å²) in [5.41, 5.74) is -0.257. The predicted molar refractivity (Wildman–Crippen MR) is 76.6 cm³/mol. The van der Waals surface area contributed by atoms with Gasteiger partial charge in [0, 0.05) is 6.04 Å². The molecule has 4 heteroatoms. The zero-order chi connectivity index (χ0) is 15.0. The number of carbonyl (C=O) groups is 2. The standard InChI is InChI=1S/C15H28N2O2/c1-9(2)8-11-14(19)17(10(3)4)12(13(18)16-11)15(5,6)7/h9-12H,8H2,1-7H3,(H,16,18). The highest BCUT2D eigenvalue weighted by Gasteiger charge is 2.46. The lowest BCUT2D eigenvalue weighted by atomic mass is 9.82. The van der Waals surface area contributed by atoms with E-state index in [-0.39, 0.29) is 35.4 Å². The summed E-state index contributed by atoms with van der Waals surface area (Å²) in [5.74, 6) is 0.420. The average molecular weight is 268 g/mol. The van der Waals surface area contributed by atoms with Crippen molar-refractivity contribution < 1.29 is 9.59 Å². The predicted octanol–water partition coefficient (Wildman–Crippen LogP) is 2.18. The third-order valence-electron chi connectivity index (χ3n) is 3.48. The van der Waals surface area contributed by atoms with Crippen LogP contribution in [0.3, 0.4) is 0 Å². The Morgan fingerprint density at radius 1 is 1.16 bits per heavy atom. The summed E-state index contributed by atoms with van der Waals surface area (Å²) < 4.78 is 0. The second kappa shape index (κ2) is 5.51. The molecule has 0 aromatic rings. The summed E-state index contributed by atoms with van der Waals surface area (Å²) in [6, 6.07) is -0.714. The van der Waals surface area contributed by atoms with Crippen molar-refractivity contribution >= 4 is 11.8 Å². The van der Waals surface area contributed by atoms with Crippen molar-refractivity contribution in [2.24, 2.45) is 11.3 Å². The SMILES string of the molecule is CC(C)CC1NC(=O)C(C(C)(C)C)N(C(C)C)C1=O. The first-order valence-electron chi connectivity index (χ1n) is 7.18. The summed E-state index contributed by atoms with van der Waals surface area (Å²) in [4.78, 5) is 26.8. The van der Waals surface area contributed by atoms with E-state index in [1.54, 1.807) is 4.90 Å². The van der Waals surface area contributed by atoms with Gasteiger partial charge in [-0.2, -0.15) is 0 Å². The first-order chi connectivity index (χ1) is 8.55. The van der Waals surface area contributed by atoms with Crippen LogP contribution in [0.5, 0.6) is 0 Å². The molecular weight excluding hydrogens is 240 g/mol. The van der Waals surface area contributed by atoms with E-state index in [0.29, 0.717) is 12.3 Å². The van der Waals surface area contributed by atoms with Crippen LogP contribution in [0, 0.1) is 11.3 Å². The molecule has 0 bridgehead atoms. The molecule has 2 amide bonds. The van der Waals surface area contributed by atoms with E-state index in [4.69, 9.17) is 0 Å². The maximum atomic E-state index is 12.6. The number of nitrogens with one attached hydrogen (secondary N) is 1. The molecule has 110 valence electrons. The van der Waals surface area contributed by atoms with Gasteiger partial charge in [-0.1, -0.05) is 34.6 Å². The Labute approximate surface area is 116 Å². The van der Waals surface area contributed by atoms with Crippen LogP contribution in [0.4, 0.5) is 0 Å². The monoisotopic (exact) mass is 268 g/mol. The zero-order valence-corrected chi connectivity index (χ0v) is 13.3. The van der Waals surface area contributed by atoms with Crippen LogP contribution in [0.15, 0.2) is 0 Å². The highest BCUT2D eigenvalue weighted by Crippen LogP contribution is 2.30. The lowest BCUT2D eigenvalue weighted by Gasteiger charge is -2.47. The molecule has 1 aliphatic heterocycles. The van der Waals surface area contributed by atoms with Crippen molar-refractivity contribution in [2.45, 2.75) is 73.0 Å². The Kier molecular flexibility index (Phi) is 4.64. The van der Waals surface area contributed by atoms with Gasteiger partial charge in [0.15, 0.2) is 0 Å². The third kappa shape index (κ3) is 3.48. The van der Waals surface area contributed by atoms with E-state index in [2.05, 4.69) is 19.2 Å². The average Bonchev–Trinajstić information content (AvgIpc) is 2.19. The number of amides is 2. The van der Waals surface area contributed by atoms with Crippen molar-refractivity contribution in [2.75, 3.05) is 0 Å². The van der Waals surface area contributed by atoms with Crippen LogP contribution < -0.4 is 5.32 Å². The van der Waals surface area contributed by atoms with Crippen LogP contribution in [0.2, 0.25) is 0 Å². The molecule has 0 saturated carbocycles. The highest BCUT2D eigenvalue weighted by molar-refractivity contribution is 5.97. The van der Waals surface area contributed by atoms with Gasteiger partial charge in [0.1, 0.15) is 12.1 Å². The second-order valence-electron chi connectivity index (χ2n) is 7.30. The van der Waals surface area contributed by atoms with E-state index < -0.39 is 0 Å². The van der Waals surface area contributed by atoms with Crippen LogP contribution in [0.1, 0.15) is 54.9 Å². The molecule has 1 N–H and O–H groups in total. The van der Waals surface area contributed by atoms with E-state index in [9.17, 15) is 9.59 Å². The molecular formula is C15H28N2O2. The molecule has 1 saturated heterocycles. The summed E-state index contributed by atoms with van der Waals surface area (Å²) in [6.45, 7) is 14.1. The molecule has 1 fully saturated rings. The van der Waals surface area contributed by atoms with E-state index in [1.165, 1.54) is 0 Å². The van der Waals surface area contributed by atoms with Crippen LogP contribution in [-0.4, -0.2) is 34.8 Å². The first-order valence-corrected chi connectivity index (χ1v) is 7.18. The highest BCUT2D eigenvalue weighted by atomic mass is 16.2. The zero-order valence-electron chi connectivity index (χ0n) is 13.3. The third-order valence-corrected chi connectivity index (χ3v) is 3.48. The Hall–Kier alpha value is -1.06. The maximum Gasteiger partial charge on any atom is 0.246 e. The largest absolute Gasteiger partial charge is 0.342 e. The van der Waals surface area contributed by atoms with Crippen molar-refractivity contribution in [1.82, 2.24) is 10.2 Å². The van der Waals surface area contributed by atoms with Crippen LogP contribution in [0.25, 0.3) is 0 Å². The number of piperazine rings is 1. The van der Waals surface area contributed by atoms with Gasteiger partial charge < -0.3 is 10.2 Å². The van der Waals surface area contributed by atoms with E-state index in [0.717, 1.165) is 0 Å². The molecule has 19 heavy (non-hydrogen) atoms. The molecule has 4 nitrogen and oxygen atoms in total. The minimum absolute atomic E-state index is 0.0218. The molecule has 2 atom stereocenters. The number of rotatable bonds is 3. The van der Waals surface area contributed by atoms with Gasteiger partial charge in [-0.05, 0) is 31.6 Å². The summed E-state index contributed by atoms with van der Waals surface area (Å²) in [6.07, 6.45) is 0.699. The Balaban J connectivity index is 3.07. The van der Waals surface area contributed by atoms with Gasteiger partial charge in [-0.3, -0.25) is 9.59 Å².